The molecule has 1 atom stereocenters. The van der Waals surface area contributed by atoms with Crippen molar-refractivity contribution < 1.29 is 28.6 Å². The number of carbonyl (C=O) groups is 3. The third kappa shape index (κ3) is 57.8. The predicted octanol–water partition coefficient (Wildman–Crippen LogP) is 19.8. The summed E-state index contributed by atoms with van der Waals surface area (Å²) in [7, 11) is 0. The molecule has 73 heavy (non-hydrogen) atoms. The molecular formula is C67H104O6. The Hall–Kier alpha value is -4.97. The molecule has 0 fully saturated rings. The number of unbranched alkanes of at least 4 members (excludes halogenated alkanes) is 14. The van der Waals surface area contributed by atoms with Crippen LogP contribution < -0.4 is 0 Å². The molecule has 6 nitrogen and oxygen atoms in total. The van der Waals surface area contributed by atoms with Gasteiger partial charge in [-0.15, -0.1) is 0 Å². The van der Waals surface area contributed by atoms with E-state index in [9.17, 15) is 14.4 Å². The van der Waals surface area contributed by atoms with Crippen LogP contribution in [-0.4, -0.2) is 37.2 Å². The Morgan fingerprint density at radius 1 is 0.301 bits per heavy atom. The first-order valence-electron chi connectivity index (χ1n) is 29.0. The van der Waals surface area contributed by atoms with Gasteiger partial charge in [0.15, 0.2) is 6.10 Å². The van der Waals surface area contributed by atoms with Crippen molar-refractivity contribution in [3.05, 3.63) is 158 Å². The summed E-state index contributed by atoms with van der Waals surface area (Å²) in [5, 5.41) is 0. The smallest absolute Gasteiger partial charge is 0.310 e. The van der Waals surface area contributed by atoms with Crippen molar-refractivity contribution in [1.29, 1.82) is 0 Å². The molecule has 0 aliphatic heterocycles. The summed E-state index contributed by atoms with van der Waals surface area (Å²) in [6.07, 6.45) is 86.9. The lowest BCUT2D eigenvalue weighted by Gasteiger charge is -2.18. The summed E-state index contributed by atoms with van der Waals surface area (Å²) in [6, 6.07) is 0. The van der Waals surface area contributed by atoms with Gasteiger partial charge in [0.25, 0.3) is 0 Å². The Morgan fingerprint density at radius 2 is 0.575 bits per heavy atom. The Kier molecular flexibility index (Phi) is 55.5. The molecule has 0 aliphatic carbocycles. The van der Waals surface area contributed by atoms with Gasteiger partial charge in [-0.3, -0.25) is 14.4 Å². The number of ether oxygens (including phenoxy) is 3. The molecule has 0 aliphatic rings. The maximum Gasteiger partial charge on any atom is 0.310 e. The normalized spacial score (nSPS) is 13.3. The van der Waals surface area contributed by atoms with Gasteiger partial charge in [0, 0.05) is 12.8 Å². The van der Waals surface area contributed by atoms with E-state index in [2.05, 4.69) is 167 Å². The number of hydrogen-bond acceptors (Lipinski definition) is 6. The molecule has 0 spiro atoms. The van der Waals surface area contributed by atoms with E-state index >= 15 is 0 Å². The second-order valence-corrected chi connectivity index (χ2v) is 18.4. The van der Waals surface area contributed by atoms with Crippen LogP contribution in [0.5, 0.6) is 0 Å². The first kappa shape index (κ1) is 68.0. The van der Waals surface area contributed by atoms with Crippen LogP contribution in [-0.2, 0) is 28.6 Å². The van der Waals surface area contributed by atoms with Gasteiger partial charge in [-0.1, -0.05) is 237 Å². The van der Waals surface area contributed by atoms with E-state index in [1.54, 1.807) is 6.08 Å². The van der Waals surface area contributed by atoms with Crippen molar-refractivity contribution >= 4 is 17.9 Å². The standard InChI is InChI=1S/C67H104O6/c1-4-7-10-13-16-19-22-25-28-29-30-31-32-33-34-35-36-37-40-42-45-48-51-54-57-60-66(69)72-63-64(73-67(70)61-58-55-52-49-46-43-39-27-24-21-18-15-12-9-6-3)62-71-65(68)59-56-53-50-47-44-41-38-26-23-20-17-14-11-8-5-2/h7,9-10,12,16-21,25-28,30-31,33-34,36-39,46,49,55,58,64H,4-6,8,11,13-15,22-24,29,32,35,40-45,47-48,50-54,56-57,59-63H2,1-3H3/b10-7-,12-9-,19-16-,20-17-,21-18-,28-25-,31-30-,34-33-,37-36-,38-26-,39-27-,49-46-,58-55-. The fourth-order valence-electron chi connectivity index (χ4n) is 7.26. The number of hydrogen-bond donors (Lipinski definition) is 0. The molecule has 0 rings (SSSR count). The SMILES string of the molecule is CC/C=C\C/C=C\C/C=C\C/C=C\C/C=C\C/C=C\CCCCCCCCC(=O)OCC(COC(=O)CCCCCCC/C=C\C/C=C\CCCCC)OC(=O)C/C=C\C/C=C\C/C=C\C/C=C\C/C=C\CC. The second kappa shape index (κ2) is 59.6. The van der Waals surface area contributed by atoms with E-state index in [0.29, 0.717) is 19.3 Å². The van der Waals surface area contributed by atoms with Crippen LogP contribution in [0.4, 0.5) is 0 Å². The van der Waals surface area contributed by atoms with Gasteiger partial charge in [0.1, 0.15) is 13.2 Å². The van der Waals surface area contributed by atoms with Crippen LogP contribution in [0.15, 0.2) is 158 Å². The minimum atomic E-state index is -0.853. The van der Waals surface area contributed by atoms with Gasteiger partial charge in [-0.2, -0.15) is 0 Å². The fourth-order valence-corrected chi connectivity index (χ4v) is 7.26. The average molecular weight is 1010 g/mol. The number of carbonyl (C=O) groups excluding carboxylic acids is 3. The molecule has 0 amide bonds. The van der Waals surface area contributed by atoms with Crippen molar-refractivity contribution in [3.63, 3.8) is 0 Å². The summed E-state index contributed by atoms with van der Waals surface area (Å²) < 4.78 is 16.7. The highest BCUT2D eigenvalue weighted by atomic mass is 16.6. The van der Waals surface area contributed by atoms with Gasteiger partial charge in [0.2, 0.25) is 0 Å². The van der Waals surface area contributed by atoms with Gasteiger partial charge < -0.3 is 14.2 Å². The molecule has 0 aromatic heterocycles. The van der Waals surface area contributed by atoms with E-state index in [1.807, 2.05) is 6.08 Å². The van der Waals surface area contributed by atoms with Crippen molar-refractivity contribution in [2.75, 3.05) is 13.2 Å². The zero-order valence-corrected chi connectivity index (χ0v) is 46.6. The van der Waals surface area contributed by atoms with Gasteiger partial charge in [-0.05, 0) is 128 Å². The molecule has 0 bridgehead atoms. The van der Waals surface area contributed by atoms with Crippen LogP contribution >= 0.6 is 0 Å². The Morgan fingerprint density at radius 3 is 0.904 bits per heavy atom. The maximum absolute atomic E-state index is 12.8. The Balaban J connectivity index is 4.51. The predicted molar refractivity (Wildman–Crippen MR) is 315 cm³/mol. The number of esters is 3. The first-order chi connectivity index (χ1) is 36.0. The maximum atomic E-state index is 12.8. The summed E-state index contributed by atoms with van der Waals surface area (Å²) in [5.41, 5.74) is 0. The second-order valence-electron chi connectivity index (χ2n) is 18.4. The van der Waals surface area contributed by atoms with E-state index in [0.717, 1.165) is 141 Å². The van der Waals surface area contributed by atoms with E-state index < -0.39 is 12.1 Å². The lowest BCUT2D eigenvalue weighted by Crippen LogP contribution is -2.30. The Labute approximate surface area is 448 Å². The van der Waals surface area contributed by atoms with Crippen LogP contribution in [0, 0.1) is 0 Å². The van der Waals surface area contributed by atoms with Crippen LogP contribution in [0.3, 0.4) is 0 Å². The van der Waals surface area contributed by atoms with E-state index in [-0.39, 0.29) is 31.6 Å². The highest BCUT2D eigenvalue weighted by Gasteiger charge is 2.19. The van der Waals surface area contributed by atoms with Crippen molar-refractivity contribution in [3.8, 4) is 0 Å². The van der Waals surface area contributed by atoms with E-state index in [4.69, 9.17) is 14.2 Å². The van der Waals surface area contributed by atoms with Gasteiger partial charge in [0.05, 0.1) is 6.42 Å². The molecule has 0 aromatic carbocycles. The Bertz CT molecular complexity index is 1670. The van der Waals surface area contributed by atoms with Gasteiger partial charge in [-0.25, -0.2) is 0 Å². The van der Waals surface area contributed by atoms with Crippen molar-refractivity contribution in [2.24, 2.45) is 0 Å². The monoisotopic (exact) mass is 1000 g/mol. The zero-order chi connectivity index (χ0) is 52.9. The highest BCUT2D eigenvalue weighted by molar-refractivity contribution is 5.72. The third-order valence-electron chi connectivity index (χ3n) is 11.5. The van der Waals surface area contributed by atoms with Crippen molar-refractivity contribution in [2.45, 2.75) is 232 Å². The third-order valence-corrected chi connectivity index (χ3v) is 11.5. The lowest BCUT2D eigenvalue weighted by molar-refractivity contribution is -0.166. The minimum Gasteiger partial charge on any atom is -0.462 e. The van der Waals surface area contributed by atoms with Crippen LogP contribution in [0.2, 0.25) is 0 Å². The summed E-state index contributed by atoms with van der Waals surface area (Å²) >= 11 is 0. The van der Waals surface area contributed by atoms with Crippen LogP contribution in [0.25, 0.3) is 0 Å². The summed E-state index contributed by atoms with van der Waals surface area (Å²) in [5.74, 6) is -1.10. The fraction of sp³-hybridized carbons (Fsp3) is 0.567. The topological polar surface area (TPSA) is 78.9 Å². The molecule has 1 unspecified atom stereocenters. The first-order valence-corrected chi connectivity index (χ1v) is 29.0. The molecule has 408 valence electrons. The highest BCUT2D eigenvalue weighted by Crippen LogP contribution is 2.12. The minimum absolute atomic E-state index is 0.0826. The average Bonchev–Trinajstić information content (AvgIpc) is 3.39. The molecule has 0 saturated carbocycles. The zero-order valence-electron chi connectivity index (χ0n) is 46.6. The molecule has 0 N–H and O–H groups in total. The number of rotatable bonds is 50. The molecule has 6 heteroatoms. The van der Waals surface area contributed by atoms with Crippen molar-refractivity contribution in [1.82, 2.24) is 0 Å². The largest absolute Gasteiger partial charge is 0.462 e. The molecule has 0 aromatic rings. The van der Waals surface area contributed by atoms with Crippen LogP contribution in [0.1, 0.15) is 226 Å². The molecule has 0 radical (unpaired) electrons. The lowest BCUT2D eigenvalue weighted by atomic mass is 10.1. The summed E-state index contributed by atoms with van der Waals surface area (Å²) in [6.45, 7) is 6.26. The molecule has 0 saturated heterocycles. The summed E-state index contributed by atoms with van der Waals surface area (Å²) in [4.78, 5) is 38.1. The van der Waals surface area contributed by atoms with E-state index in [1.165, 1.54) is 38.5 Å². The quantitative estimate of drug-likeness (QED) is 0.0261. The molecule has 0 heterocycles. The molecular weight excluding hydrogens is 901 g/mol. The number of allylic oxidation sites excluding steroid dienone is 25. The van der Waals surface area contributed by atoms with Gasteiger partial charge >= 0.3 is 17.9 Å².